The average Bonchev–Trinajstić information content (AvgIpc) is 3.16. The van der Waals surface area contributed by atoms with Gasteiger partial charge in [0.2, 0.25) is 11.7 Å². The number of aryl methyl sites for hydroxylation is 2. The second kappa shape index (κ2) is 7.51. The number of nitrogens with zero attached hydrogens (tertiary/aromatic N) is 4. The lowest BCUT2D eigenvalue weighted by Crippen LogP contribution is -2.25. The molecule has 156 valence electrons. The molecule has 2 aromatic heterocycles. The summed E-state index contributed by atoms with van der Waals surface area (Å²) in [6.07, 6.45) is 0. The minimum absolute atomic E-state index is 0.160. The zero-order valence-electron chi connectivity index (χ0n) is 17.3. The summed E-state index contributed by atoms with van der Waals surface area (Å²) in [5.41, 5.74) is 1.16. The van der Waals surface area contributed by atoms with Gasteiger partial charge < -0.3 is 9.26 Å². The normalized spacial score (nSPS) is 12.2. The number of nitrogens with one attached hydrogen (secondary N) is 1. The van der Waals surface area contributed by atoms with E-state index in [4.69, 9.17) is 9.26 Å². The van der Waals surface area contributed by atoms with Crippen LogP contribution >= 0.6 is 0 Å². The molecule has 0 spiro atoms. The Hall–Kier alpha value is -2.88. The van der Waals surface area contributed by atoms with E-state index in [2.05, 4.69) is 20.0 Å². The van der Waals surface area contributed by atoms with Crippen molar-refractivity contribution in [1.82, 2.24) is 19.9 Å². The van der Waals surface area contributed by atoms with Crippen molar-refractivity contribution in [3.63, 3.8) is 0 Å². The molecule has 0 atom stereocenters. The smallest absolute Gasteiger partial charge is 0.265 e. The van der Waals surface area contributed by atoms with Gasteiger partial charge in [0.1, 0.15) is 10.6 Å². The van der Waals surface area contributed by atoms with Crippen LogP contribution in [-0.4, -0.2) is 28.3 Å². The lowest BCUT2D eigenvalue weighted by atomic mass is 10.1. The van der Waals surface area contributed by atoms with Gasteiger partial charge in [-0.25, -0.2) is 8.42 Å². The Labute approximate surface area is 170 Å². The highest BCUT2D eigenvalue weighted by atomic mass is 32.2. The number of hydrogen-bond acceptors (Lipinski definition) is 7. The Morgan fingerprint density at radius 2 is 1.79 bits per heavy atom. The van der Waals surface area contributed by atoms with E-state index in [1.165, 1.54) is 0 Å². The van der Waals surface area contributed by atoms with Gasteiger partial charge in [0, 0.05) is 12.6 Å². The third kappa shape index (κ3) is 4.58. The van der Waals surface area contributed by atoms with Crippen LogP contribution in [-0.2, 0) is 22.2 Å². The molecule has 0 saturated heterocycles. The Morgan fingerprint density at radius 1 is 1.14 bits per heavy atom. The van der Waals surface area contributed by atoms with Gasteiger partial charge in [-0.1, -0.05) is 5.16 Å². The molecule has 0 fully saturated rings. The van der Waals surface area contributed by atoms with E-state index in [1.54, 1.807) is 49.7 Å². The zero-order chi connectivity index (χ0) is 21.4. The molecule has 9 nitrogen and oxygen atoms in total. The van der Waals surface area contributed by atoms with E-state index >= 15 is 0 Å². The first kappa shape index (κ1) is 20.8. The topological polar surface area (TPSA) is 112 Å². The molecule has 0 aliphatic carbocycles. The highest BCUT2D eigenvalue weighted by Gasteiger charge is 2.28. The number of sulfonamides is 1. The monoisotopic (exact) mass is 419 g/mol. The lowest BCUT2D eigenvalue weighted by Gasteiger charge is -2.21. The van der Waals surface area contributed by atoms with Gasteiger partial charge in [-0.2, -0.15) is 10.1 Å². The lowest BCUT2D eigenvalue weighted by molar-refractivity contribution is 0.286. The van der Waals surface area contributed by atoms with Gasteiger partial charge in [-0.05, 0) is 58.9 Å². The molecule has 0 aliphatic rings. The number of hydrogen-bond donors (Lipinski definition) is 1. The highest BCUT2D eigenvalue weighted by molar-refractivity contribution is 7.92. The summed E-state index contributed by atoms with van der Waals surface area (Å²) in [6, 6.07) is 6.60. The van der Waals surface area contributed by atoms with Gasteiger partial charge in [-0.15, -0.1) is 0 Å². The van der Waals surface area contributed by atoms with E-state index in [0.29, 0.717) is 34.5 Å². The zero-order valence-corrected chi connectivity index (χ0v) is 18.2. The van der Waals surface area contributed by atoms with E-state index in [9.17, 15) is 8.42 Å². The van der Waals surface area contributed by atoms with Crippen molar-refractivity contribution < 1.29 is 17.7 Å². The van der Waals surface area contributed by atoms with Gasteiger partial charge in [0.05, 0.1) is 16.9 Å². The van der Waals surface area contributed by atoms with Crippen LogP contribution in [0.3, 0.4) is 0 Å². The molecule has 29 heavy (non-hydrogen) atoms. The number of anilines is 1. The molecule has 2 heterocycles. The first-order chi connectivity index (χ1) is 13.5. The fourth-order valence-corrected chi connectivity index (χ4v) is 4.50. The van der Waals surface area contributed by atoms with Crippen LogP contribution in [0.1, 0.15) is 43.9 Å². The third-order valence-electron chi connectivity index (χ3n) is 4.17. The molecular weight excluding hydrogens is 394 g/mol. The number of ether oxygens (including phenoxy) is 1. The molecule has 0 bridgehead atoms. The molecule has 0 radical (unpaired) electrons. The average molecular weight is 420 g/mol. The van der Waals surface area contributed by atoms with Gasteiger partial charge >= 0.3 is 0 Å². The maximum absolute atomic E-state index is 13.0. The first-order valence-electron chi connectivity index (χ1n) is 9.09. The summed E-state index contributed by atoms with van der Waals surface area (Å²) in [7, 11) is -3.79. The van der Waals surface area contributed by atoms with Crippen LogP contribution in [0, 0.1) is 20.8 Å². The van der Waals surface area contributed by atoms with Crippen molar-refractivity contribution in [3.8, 4) is 5.75 Å². The standard InChI is InChI=1S/C19H25N5O4S/c1-12-18(13(2)24(21-12)19(4,5)6)29(25,26)23-15-7-9-16(10-8-15)27-11-17-20-14(3)28-22-17/h7-10,23H,11H2,1-6H3. The molecule has 1 aromatic carbocycles. The predicted octanol–water partition coefficient (Wildman–Crippen LogP) is 3.33. The molecule has 1 N–H and O–H groups in total. The minimum atomic E-state index is -3.79. The summed E-state index contributed by atoms with van der Waals surface area (Å²) in [6.45, 7) is 11.2. The predicted molar refractivity (Wildman–Crippen MR) is 107 cm³/mol. The van der Waals surface area contributed by atoms with E-state index < -0.39 is 10.0 Å². The van der Waals surface area contributed by atoms with Crippen LogP contribution in [0.2, 0.25) is 0 Å². The molecule has 0 aliphatic heterocycles. The summed E-state index contributed by atoms with van der Waals surface area (Å²) >= 11 is 0. The van der Waals surface area contributed by atoms with E-state index in [-0.39, 0.29) is 17.0 Å². The van der Waals surface area contributed by atoms with Crippen molar-refractivity contribution >= 4 is 15.7 Å². The summed E-state index contributed by atoms with van der Waals surface area (Å²) in [5, 5.41) is 8.17. The summed E-state index contributed by atoms with van der Waals surface area (Å²) in [4.78, 5) is 4.25. The van der Waals surface area contributed by atoms with Crippen molar-refractivity contribution in [2.24, 2.45) is 0 Å². The quantitative estimate of drug-likeness (QED) is 0.652. The molecule has 3 aromatic rings. The molecule has 0 saturated carbocycles. The SMILES string of the molecule is Cc1nc(COc2ccc(NS(=O)(=O)c3c(C)nn(C(C)(C)C)c3C)cc2)no1. The van der Waals surface area contributed by atoms with Crippen molar-refractivity contribution in [3.05, 3.63) is 47.4 Å². The maximum atomic E-state index is 13.0. The molecule has 10 heteroatoms. The maximum Gasteiger partial charge on any atom is 0.265 e. The molecule has 0 unspecified atom stereocenters. The Bertz CT molecular complexity index is 1110. The number of benzene rings is 1. The largest absolute Gasteiger partial charge is 0.485 e. The summed E-state index contributed by atoms with van der Waals surface area (Å²) in [5.74, 6) is 1.46. The van der Waals surface area contributed by atoms with Crippen LogP contribution in [0.4, 0.5) is 5.69 Å². The summed E-state index contributed by atoms with van der Waals surface area (Å²) < 4.78 is 40.7. The minimum Gasteiger partial charge on any atom is -0.485 e. The third-order valence-corrected chi connectivity index (χ3v) is 5.81. The van der Waals surface area contributed by atoms with Crippen LogP contribution < -0.4 is 9.46 Å². The van der Waals surface area contributed by atoms with Crippen molar-refractivity contribution in [1.29, 1.82) is 0 Å². The molecular formula is C19H25N5O4S. The Kier molecular flexibility index (Phi) is 5.40. The second-order valence-corrected chi connectivity index (χ2v) is 9.35. The van der Waals surface area contributed by atoms with Crippen molar-refractivity contribution in [2.45, 2.75) is 58.6 Å². The van der Waals surface area contributed by atoms with Crippen molar-refractivity contribution in [2.75, 3.05) is 4.72 Å². The van der Waals surface area contributed by atoms with E-state index in [0.717, 1.165) is 0 Å². The second-order valence-electron chi connectivity index (χ2n) is 7.73. The van der Waals surface area contributed by atoms with E-state index in [1.807, 2.05) is 20.8 Å². The van der Waals surface area contributed by atoms with Crippen LogP contribution in [0.5, 0.6) is 5.75 Å². The fraction of sp³-hybridized carbons (Fsp3) is 0.421. The van der Waals surface area contributed by atoms with Crippen LogP contribution in [0.15, 0.2) is 33.7 Å². The molecule has 0 amide bonds. The fourth-order valence-electron chi connectivity index (χ4n) is 3.04. The first-order valence-corrected chi connectivity index (χ1v) is 10.6. The highest BCUT2D eigenvalue weighted by Crippen LogP contribution is 2.27. The van der Waals surface area contributed by atoms with Gasteiger partial charge in [-0.3, -0.25) is 9.40 Å². The number of rotatable bonds is 6. The Balaban J connectivity index is 1.75. The van der Waals surface area contributed by atoms with Gasteiger partial charge in [0.25, 0.3) is 10.0 Å². The number of aromatic nitrogens is 4. The Morgan fingerprint density at radius 3 is 2.31 bits per heavy atom. The van der Waals surface area contributed by atoms with Crippen LogP contribution in [0.25, 0.3) is 0 Å². The molecule has 3 rings (SSSR count). The van der Waals surface area contributed by atoms with Gasteiger partial charge in [0.15, 0.2) is 6.61 Å².